The molecule has 6 rings (SSSR count). The molecule has 6 aromatic rings. The highest BCUT2D eigenvalue weighted by atomic mass is 16.5. The predicted molar refractivity (Wildman–Crippen MR) is 160 cm³/mol. The summed E-state index contributed by atoms with van der Waals surface area (Å²) < 4.78 is 12.8. The van der Waals surface area contributed by atoms with E-state index in [-0.39, 0.29) is 22.9 Å². The van der Waals surface area contributed by atoms with Gasteiger partial charge >= 0.3 is 0 Å². The van der Waals surface area contributed by atoms with E-state index in [0.29, 0.717) is 34.1 Å². The molecule has 6 N–H and O–H groups in total. The maximum Gasteiger partial charge on any atom is 0.151 e. The fraction of sp³-hybridized carbons (Fsp3) is 0. The molecule has 0 aliphatic carbocycles. The average Bonchev–Trinajstić information content (AvgIpc) is 2.97. The molecule has 0 bridgehead atoms. The second-order valence-corrected chi connectivity index (χ2v) is 9.30. The van der Waals surface area contributed by atoms with Crippen molar-refractivity contribution in [2.75, 3.05) is 11.5 Å². The third-order valence-electron chi connectivity index (χ3n) is 6.75. The van der Waals surface area contributed by atoms with Crippen LogP contribution in [-0.4, -0.2) is 10.2 Å². The number of ether oxygens (including phenoxy) is 2. The summed E-state index contributed by atoms with van der Waals surface area (Å²) in [7, 11) is 0. The van der Waals surface area contributed by atoms with Crippen LogP contribution in [0, 0.1) is 12.3 Å². The standard InChI is InChI=1S/C34H24N2O4/c1-2-20-17-22-8-4-6-10-26(22)33(34(20)40-24-13-15-28(36)30(38)19-24)32-25-9-5-3-7-21(25)11-16-31(32)39-23-12-14-27(35)29(37)18-23/h1,3-19,37-38H,35-36H2. The van der Waals surface area contributed by atoms with Crippen LogP contribution in [0.2, 0.25) is 0 Å². The minimum atomic E-state index is -0.0977. The Kier molecular flexibility index (Phi) is 6.02. The molecular weight excluding hydrogens is 500 g/mol. The van der Waals surface area contributed by atoms with Gasteiger partial charge in [0.1, 0.15) is 28.7 Å². The molecule has 6 nitrogen and oxygen atoms in total. The molecule has 0 radical (unpaired) electrons. The largest absolute Gasteiger partial charge is 0.506 e. The number of hydrogen-bond acceptors (Lipinski definition) is 6. The third-order valence-corrected chi connectivity index (χ3v) is 6.75. The Hall–Kier alpha value is -5.80. The van der Waals surface area contributed by atoms with Crippen LogP contribution in [0.5, 0.6) is 34.5 Å². The van der Waals surface area contributed by atoms with E-state index >= 15 is 0 Å². The second-order valence-electron chi connectivity index (χ2n) is 9.30. The summed E-state index contributed by atoms with van der Waals surface area (Å²) in [6, 6.07) is 31.0. The fourth-order valence-electron chi connectivity index (χ4n) is 4.80. The zero-order valence-corrected chi connectivity index (χ0v) is 21.3. The van der Waals surface area contributed by atoms with Crippen molar-refractivity contribution >= 4 is 32.9 Å². The molecule has 6 heteroatoms. The van der Waals surface area contributed by atoms with Gasteiger partial charge in [0, 0.05) is 23.3 Å². The highest BCUT2D eigenvalue weighted by molar-refractivity contribution is 6.10. The van der Waals surface area contributed by atoms with Crippen molar-refractivity contribution in [1.29, 1.82) is 0 Å². The van der Waals surface area contributed by atoms with Crippen molar-refractivity contribution in [3.8, 4) is 58.0 Å². The summed E-state index contributed by atoms with van der Waals surface area (Å²) >= 11 is 0. The normalized spacial score (nSPS) is 10.9. The molecule has 0 aliphatic rings. The fourth-order valence-corrected chi connectivity index (χ4v) is 4.80. The van der Waals surface area contributed by atoms with Gasteiger partial charge in [-0.2, -0.15) is 0 Å². The van der Waals surface area contributed by atoms with Crippen LogP contribution in [0.25, 0.3) is 32.7 Å². The van der Waals surface area contributed by atoms with Gasteiger partial charge in [-0.15, -0.1) is 6.42 Å². The van der Waals surface area contributed by atoms with Crippen LogP contribution < -0.4 is 20.9 Å². The van der Waals surface area contributed by atoms with Crippen LogP contribution in [-0.2, 0) is 0 Å². The number of rotatable bonds is 5. The summed E-state index contributed by atoms with van der Waals surface area (Å²) in [5, 5.41) is 24.2. The molecule has 0 atom stereocenters. The lowest BCUT2D eigenvalue weighted by atomic mass is 9.90. The molecule has 194 valence electrons. The number of nitrogen functional groups attached to an aromatic ring is 2. The number of phenols is 2. The molecule has 0 saturated carbocycles. The SMILES string of the molecule is C#Cc1cc2ccccc2c(-c2c(Oc3ccc(N)c(O)c3)ccc3ccccc23)c1Oc1ccc(N)c(O)c1. The van der Waals surface area contributed by atoms with Crippen molar-refractivity contribution < 1.29 is 19.7 Å². The van der Waals surface area contributed by atoms with Gasteiger partial charge in [-0.1, -0.05) is 60.5 Å². The Labute approximate surface area is 230 Å². The molecule has 0 aliphatic heterocycles. The van der Waals surface area contributed by atoms with Crippen molar-refractivity contribution in [3.63, 3.8) is 0 Å². The van der Waals surface area contributed by atoms with Crippen LogP contribution in [0.4, 0.5) is 11.4 Å². The zero-order valence-electron chi connectivity index (χ0n) is 21.3. The molecule has 0 fully saturated rings. The Morgan fingerprint density at radius 2 is 1.18 bits per heavy atom. The van der Waals surface area contributed by atoms with Gasteiger partial charge in [-0.3, -0.25) is 0 Å². The molecule has 0 heterocycles. The van der Waals surface area contributed by atoms with Crippen molar-refractivity contribution in [2.24, 2.45) is 0 Å². The summed E-state index contributed by atoms with van der Waals surface area (Å²) in [6.07, 6.45) is 6.03. The number of nitrogens with two attached hydrogens (primary N) is 2. The summed E-state index contributed by atoms with van der Waals surface area (Å²) in [5.74, 6) is 4.32. The topological polar surface area (TPSA) is 111 Å². The first-order chi connectivity index (χ1) is 19.4. The molecule has 0 saturated heterocycles. The maximum atomic E-state index is 10.3. The number of aromatic hydroxyl groups is 2. The summed E-state index contributed by atoms with van der Waals surface area (Å²) in [4.78, 5) is 0. The first kappa shape index (κ1) is 24.5. The van der Waals surface area contributed by atoms with E-state index in [0.717, 1.165) is 27.1 Å². The van der Waals surface area contributed by atoms with E-state index in [9.17, 15) is 10.2 Å². The number of anilines is 2. The van der Waals surface area contributed by atoms with E-state index < -0.39 is 0 Å². The number of fused-ring (bicyclic) bond motifs is 2. The van der Waals surface area contributed by atoms with E-state index in [1.54, 1.807) is 24.3 Å². The quantitative estimate of drug-likeness (QED) is 0.104. The summed E-state index contributed by atoms with van der Waals surface area (Å²) in [5.41, 5.74) is 14.1. The van der Waals surface area contributed by atoms with Crippen LogP contribution >= 0.6 is 0 Å². The smallest absolute Gasteiger partial charge is 0.151 e. The number of phenolic OH excluding ortho intramolecular Hbond substituents is 2. The third kappa shape index (κ3) is 4.32. The monoisotopic (exact) mass is 524 g/mol. The lowest BCUT2D eigenvalue weighted by Crippen LogP contribution is -1.98. The maximum absolute atomic E-state index is 10.3. The van der Waals surface area contributed by atoms with Gasteiger partial charge in [0.2, 0.25) is 0 Å². The van der Waals surface area contributed by atoms with Crippen LogP contribution in [0.1, 0.15) is 5.56 Å². The van der Waals surface area contributed by atoms with Crippen molar-refractivity contribution in [1.82, 2.24) is 0 Å². The predicted octanol–water partition coefficient (Wildman–Crippen LogP) is 7.80. The molecule has 0 unspecified atom stereocenters. The molecular formula is C34H24N2O4. The zero-order chi connectivity index (χ0) is 27.8. The van der Waals surface area contributed by atoms with Gasteiger partial charge in [0.05, 0.1) is 16.9 Å². The van der Waals surface area contributed by atoms with Crippen LogP contribution in [0.15, 0.2) is 103 Å². The molecule has 40 heavy (non-hydrogen) atoms. The molecule has 6 aromatic carbocycles. The van der Waals surface area contributed by atoms with Gasteiger partial charge in [0.15, 0.2) is 5.75 Å². The van der Waals surface area contributed by atoms with Gasteiger partial charge in [0.25, 0.3) is 0 Å². The Morgan fingerprint density at radius 1 is 0.600 bits per heavy atom. The lowest BCUT2D eigenvalue weighted by molar-refractivity contribution is 0.454. The highest BCUT2D eigenvalue weighted by Crippen LogP contribution is 2.49. The van der Waals surface area contributed by atoms with Crippen molar-refractivity contribution in [3.05, 3.63) is 109 Å². The van der Waals surface area contributed by atoms with E-state index in [4.69, 9.17) is 27.4 Å². The minimum absolute atomic E-state index is 0.0770. The number of terminal acetylenes is 1. The lowest BCUT2D eigenvalue weighted by Gasteiger charge is -2.21. The first-order valence-electron chi connectivity index (χ1n) is 12.5. The van der Waals surface area contributed by atoms with Gasteiger partial charge < -0.3 is 31.2 Å². The van der Waals surface area contributed by atoms with Gasteiger partial charge in [-0.05, 0) is 57.9 Å². The molecule has 0 spiro atoms. The number of hydrogen-bond donors (Lipinski definition) is 4. The minimum Gasteiger partial charge on any atom is -0.506 e. The van der Waals surface area contributed by atoms with Gasteiger partial charge in [-0.25, -0.2) is 0 Å². The Balaban J connectivity index is 1.68. The van der Waals surface area contributed by atoms with E-state index in [1.165, 1.54) is 12.1 Å². The van der Waals surface area contributed by atoms with Crippen molar-refractivity contribution in [2.45, 2.75) is 0 Å². The van der Waals surface area contributed by atoms with E-state index in [2.05, 4.69) is 5.92 Å². The first-order valence-corrected chi connectivity index (χ1v) is 12.5. The summed E-state index contributed by atoms with van der Waals surface area (Å²) in [6.45, 7) is 0. The molecule has 0 aromatic heterocycles. The average molecular weight is 525 g/mol. The molecule has 0 amide bonds. The second kappa shape index (κ2) is 9.82. The number of benzene rings is 6. The highest BCUT2D eigenvalue weighted by Gasteiger charge is 2.23. The Bertz CT molecular complexity index is 1970. The Morgan fingerprint density at radius 3 is 1.80 bits per heavy atom. The van der Waals surface area contributed by atoms with Crippen LogP contribution in [0.3, 0.4) is 0 Å². The van der Waals surface area contributed by atoms with E-state index in [1.807, 2.05) is 66.7 Å².